The number of aromatic nitrogens is 4. The second kappa shape index (κ2) is 8.50. The molecule has 1 aliphatic rings. The van der Waals surface area contributed by atoms with Gasteiger partial charge in [0, 0.05) is 37.8 Å². The van der Waals surface area contributed by atoms with Gasteiger partial charge in [0.25, 0.3) is 0 Å². The van der Waals surface area contributed by atoms with Gasteiger partial charge in [-0.3, -0.25) is 14.1 Å². The minimum absolute atomic E-state index is 0.0441. The predicted molar refractivity (Wildman–Crippen MR) is 129 cm³/mol. The zero-order valence-electron chi connectivity index (χ0n) is 19.7. The average molecular weight is 463 g/mol. The standard InChI is InChI=1S/C25H30N6O3/c1-25(2,34)17-6-4-16(5-7-17)22-19-14-27-23-18(8-10-26-23)31(19)24(28-22)20-15-30(12-11-29(20)3)21(33)9-13-32/h4-8,10,14,20,26,32,34H,9,11-13,15H2,1-3H3/t20-/m1/s1. The number of H-pyrrole nitrogens is 1. The molecule has 0 spiro atoms. The fraction of sp³-hybridized carbons (Fsp3) is 0.400. The number of amides is 1. The van der Waals surface area contributed by atoms with Gasteiger partial charge in [0.05, 0.1) is 41.2 Å². The summed E-state index contributed by atoms with van der Waals surface area (Å²) in [5.74, 6) is 0.796. The maximum Gasteiger partial charge on any atom is 0.224 e. The van der Waals surface area contributed by atoms with Crippen LogP contribution < -0.4 is 0 Å². The molecule has 3 aromatic heterocycles. The SMILES string of the molecule is CN1CCN(C(=O)CCO)C[C@@H]1c1nc(-c2ccc(C(C)(C)O)cc2)c2cnc3[nH]ccc3n12. The number of aliphatic hydroxyl groups excluding tert-OH is 1. The van der Waals surface area contributed by atoms with E-state index in [4.69, 9.17) is 4.98 Å². The zero-order chi connectivity index (χ0) is 24.0. The molecule has 4 heterocycles. The summed E-state index contributed by atoms with van der Waals surface area (Å²) in [5.41, 5.74) is 4.21. The quantitative estimate of drug-likeness (QED) is 0.420. The summed E-state index contributed by atoms with van der Waals surface area (Å²) >= 11 is 0. The van der Waals surface area contributed by atoms with Crippen LogP contribution in [0, 0.1) is 0 Å². The highest BCUT2D eigenvalue weighted by Crippen LogP contribution is 2.33. The van der Waals surface area contributed by atoms with E-state index >= 15 is 0 Å². The maximum atomic E-state index is 12.5. The number of benzene rings is 1. The molecule has 0 aliphatic carbocycles. The minimum Gasteiger partial charge on any atom is -0.396 e. The van der Waals surface area contributed by atoms with Gasteiger partial charge in [-0.25, -0.2) is 9.97 Å². The number of aliphatic hydroxyl groups is 2. The molecule has 9 heteroatoms. The Morgan fingerprint density at radius 1 is 1.18 bits per heavy atom. The Hall–Kier alpha value is -3.27. The third-order valence-corrected chi connectivity index (χ3v) is 6.69. The predicted octanol–water partition coefficient (Wildman–Crippen LogP) is 2.30. The van der Waals surface area contributed by atoms with Gasteiger partial charge in [0.2, 0.25) is 5.91 Å². The van der Waals surface area contributed by atoms with Gasteiger partial charge in [0.1, 0.15) is 5.82 Å². The van der Waals surface area contributed by atoms with Crippen molar-refractivity contribution in [1.29, 1.82) is 0 Å². The van der Waals surface area contributed by atoms with Crippen LogP contribution in [0.25, 0.3) is 27.9 Å². The molecule has 1 amide bonds. The molecule has 34 heavy (non-hydrogen) atoms. The molecule has 1 fully saturated rings. The number of hydrogen-bond donors (Lipinski definition) is 3. The number of carbonyl (C=O) groups is 1. The van der Waals surface area contributed by atoms with Crippen molar-refractivity contribution in [1.82, 2.24) is 29.2 Å². The molecule has 0 bridgehead atoms. The van der Waals surface area contributed by atoms with Gasteiger partial charge in [-0.2, -0.15) is 0 Å². The van der Waals surface area contributed by atoms with Gasteiger partial charge >= 0.3 is 0 Å². The molecular formula is C25H30N6O3. The molecule has 1 aliphatic heterocycles. The molecule has 0 unspecified atom stereocenters. The lowest BCUT2D eigenvalue weighted by Gasteiger charge is -2.38. The molecule has 9 nitrogen and oxygen atoms in total. The number of imidazole rings is 1. The first-order chi connectivity index (χ1) is 16.3. The number of nitrogens with one attached hydrogen (secondary N) is 1. The highest BCUT2D eigenvalue weighted by molar-refractivity contribution is 5.84. The first kappa shape index (κ1) is 22.5. The van der Waals surface area contributed by atoms with E-state index in [0.717, 1.165) is 39.3 Å². The van der Waals surface area contributed by atoms with Gasteiger partial charge in [0.15, 0.2) is 5.65 Å². The monoisotopic (exact) mass is 462 g/mol. The van der Waals surface area contributed by atoms with Crippen molar-refractivity contribution in [2.24, 2.45) is 0 Å². The minimum atomic E-state index is -0.922. The van der Waals surface area contributed by atoms with E-state index in [2.05, 4.69) is 19.3 Å². The third kappa shape index (κ3) is 3.85. The third-order valence-electron chi connectivity index (χ3n) is 6.69. The number of rotatable bonds is 5. The van der Waals surface area contributed by atoms with Crippen molar-refractivity contribution in [2.45, 2.75) is 31.9 Å². The number of piperazine rings is 1. The topological polar surface area (TPSA) is 110 Å². The summed E-state index contributed by atoms with van der Waals surface area (Å²) in [6.45, 7) is 5.22. The first-order valence-electron chi connectivity index (χ1n) is 11.5. The van der Waals surface area contributed by atoms with E-state index in [9.17, 15) is 15.0 Å². The normalized spacial score (nSPS) is 17.7. The Kier molecular flexibility index (Phi) is 5.63. The molecule has 1 aromatic carbocycles. The first-order valence-corrected chi connectivity index (χ1v) is 11.5. The van der Waals surface area contributed by atoms with E-state index in [-0.39, 0.29) is 25.0 Å². The van der Waals surface area contributed by atoms with Crippen LogP contribution in [0.1, 0.15) is 37.7 Å². The summed E-state index contributed by atoms with van der Waals surface area (Å²) < 4.78 is 2.12. The fourth-order valence-corrected chi connectivity index (χ4v) is 4.69. The molecular weight excluding hydrogens is 432 g/mol. The van der Waals surface area contributed by atoms with Gasteiger partial charge in [-0.05, 0) is 32.5 Å². The average Bonchev–Trinajstić information content (AvgIpc) is 3.43. The summed E-state index contributed by atoms with van der Waals surface area (Å²) in [6, 6.07) is 9.66. The van der Waals surface area contributed by atoms with Crippen molar-refractivity contribution in [3.63, 3.8) is 0 Å². The second-order valence-electron chi connectivity index (χ2n) is 9.46. The Morgan fingerprint density at radius 3 is 2.65 bits per heavy atom. The van der Waals surface area contributed by atoms with Crippen LogP contribution in [0.2, 0.25) is 0 Å². The summed E-state index contributed by atoms with van der Waals surface area (Å²) in [6.07, 6.45) is 3.82. The van der Waals surface area contributed by atoms with Gasteiger partial charge in [-0.1, -0.05) is 24.3 Å². The summed E-state index contributed by atoms with van der Waals surface area (Å²) in [4.78, 5) is 29.5. The van der Waals surface area contributed by atoms with Crippen molar-refractivity contribution in [3.05, 3.63) is 54.1 Å². The van der Waals surface area contributed by atoms with Crippen LogP contribution in [-0.4, -0.2) is 78.6 Å². The molecule has 1 atom stereocenters. The lowest BCUT2D eigenvalue weighted by atomic mass is 9.97. The maximum absolute atomic E-state index is 12.5. The lowest BCUT2D eigenvalue weighted by molar-refractivity contribution is -0.134. The summed E-state index contributed by atoms with van der Waals surface area (Å²) in [7, 11) is 2.05. The molecule has 5 rings (SSSR count). The van der Waals surface area contributed by atoms with E-state index < -0.39 is 5.60 Å². The van der Waals surface area contributed by atoms with Gasteiger partial charge in [-0.15, -0.1) is 0 Å². The highest BCUT2D eigenvalue weighted by atomic mass is 16.3. The zero-order valence-corrected chi connectivity index (χ0v) is 19.7. The molecule has 3 N–H and O–H groups in total. The number of aromatic amines is 1. The Labute approximate surface area is 197 Å². The highest BCUT2D eigenvalue weighted by Gasteiger charge is 2.32. The van der Waals surface area contributed by atoms with Crippen LogP contribution in [0.3, 0.4) is 0 Å². The van der Waals surface area contributed by atoms with E-state index in [0.29, 0.717) is 19.6 Å². The van der Waals surface area contributed by atoms with Crippen LogP contribution in [-0.2, 0) is 10.4 Å². The van der Waals surface area contributed by atoms with Crippen LogP contribution >= 0.6 is 0 Å². The van der Waals surface area contributed by atoms with Crippen molar-refractivity contribution < 1.29 is 15.0 Å². The fourth-order valence-electron chi connectivity index (χ4n) is 4.69. The van der Waals surface area contributed by atoms with Crippen molar-refractivity contribution >= 4 is 22.6 Å². The molecule has 0 saturated carbocycles. The second-order valence-corrected chi connectivity index (χ2v) is 9.46. The van der Waals surface area contributed by atoms with Gasteiger partial charge < -0.3 is 20.1 Å². The van der Waals surface area contributed by atoms with Crippen LogP contribution in [0.5, 0.6) is 0 Å². The van der Waals surface area contributed by atoms with Crippen molar-refractivity contribution in [2.75, 3.05) is 33.3 Å². The smallest absolute Gasteiger partial charge is 0.224 e. The molecule has 178 valence electrons. The van der Waals surface area contributed by atoms with Crippen LogP contribution in [0.4, 0.5) is 0 Å². The number of fused-ring (bicyclic) bond motifs is 3. The number of nitrogens with zero attached hydrogens (tertiary/aromatic N) is 5. The summed E-state index contributed by atoms with van der Waals surface area (Å²) in [5, 5.41) is 19.6. The Bertz CT molecular complexity index is 1330. The molecule has 0 radical (unpaired) electrons. The van der Waals surface area contributed by atoms with E-state index in [1.807, 2.05) is 54.7 Å². The van der Waals surface area contributed by atoms with E-state index in [1.165, 1.54) is 0 Å². The number of likely N-dealkylation sites (N-methyl/N-ethyl adjacent to an activating group) is 1. The molecule has 4 aromatic rings. The number of hydrogen-bond acceptors (Lipinski definition) is 6. The Morgan fingerprint density at radius 2 is 1.94 bits per heavy atom. The van der Waals surface area contributed by atoms with E-state index in [1.54, 1.807) is 13.8 Å². The van der Waals surface area contributed by atoms with Crippen LogP contribution in [0.15, 0.2) is 42.7 Å². The Balaban J connectivity index is 1.65. The van der Waals surface area contributed by atoms with Crippen molar-refractivity contribution in [3.8, 4) is 11.3 Å². The number of carbonyl (C=O) groups excluding carboxylic acids is 1. The lowest BCUT2D eigenvalue weighted by Crippen LogP contribution is -2.49. The molecule has 1 saturated heterocycles. The largest absolute Gasteiger partial charge is 0.396 e.